The number of aliphatic hydroxyl groups is 1. The van der Waals surface area contributed by atoms with Crippen molar-refractivity contribution >= 4 is 16.9 Å². The van der Waals surface area contributed by atoms with Gasteiger partial charge in [-0.15, -0.1) is 0 Å². The molecule has 1 fully saturated rings. The number of nitrogens with one attached hydrogen (secondary N) is 1. The highest BCUT2D eigenvalue weighted by atomic mass is 19.1. The monoisotopic (exact) mass is 369 g/mol. The lowest BCUT2D eigenvalue weighted by Crippen LogP contribution is -2.48. The third-order valence-corrected chi connectivity index (χ3v) is 5.09. The molecule has 4 rings (SSSR count). The number of fused-ring (bicyclic) bond motifs is 1. The number of aromatic amines is 1. The van der Waals surface area contributed by atoms with E-state index in [1.807, 2.05) is 19.9 Å². The SMILES string of the molecule is Cc1cc(C)nc(N2CCN(CC(O)c3c[nH]c4ccc(F)cc34)CC2)n1. The topological polar surface area (TPSA) is 68.3 Å². The number of piperazine rings is 1. The normalized spacial score (nSPS) is 16.8. The Bertz CT molecular complexity index is 928. The number of aromatic nitrogens is 3. The van der Waals surface area contributed by atoms with E-state index >= 15 is 0 Å². The van der Waals surface area contributed by atoms with E-state index in [0.29, 0.717) is 6.54 Å². The van der Waals surface area contributed by atoms with Crippen LogP contribution in [0.15, 0.2) is 30.5 Å². The van der Waals surface area contributed by atoms with Crippen molar-refractivity contribution in [1.29, 1.82) is 0 Å². The Morgan fingerprint density at radius 2 is 1.81 bits per heavy atom. The number of benzene rings is 1. The van der Waals surface area contributed by atoms with Gasteiger partial charge in [0.05, 0.1) is 6.10 Å². The number of nitrogens with zero attached hydrogens (tertiary/aromatic N) is 4. The molecule has 3 heterocycles. The molecule has 2 N–H and O–H groups in total. The second-order valence-corrected chi connectivity index (χ2v) is 7.19. The number of β-amino-alcohol motifs (C(OH)–C–C–N with tert-alkyl or cyclic N) is 1. The highest BCUT2D eigenvalue weighted by Gasteiger charge is 2.23. The minimum absolute atomic E-state index is 0.294. The molecular weight excluding hydrogens is 345 g/mol. The van der Waals surface area contributed by atoms with Gasteiger partial charge in [0.2, 0.25) is 5.95 Å². The Balaban J connectivity index is 1.40. The van der Waals surface area contributed by atoms with E-state index in [2.05, 4.69) is 24.8 Å². The third kappa shape index (κ3) is 3.79. The second-order valence-electron chi connectivity index (χ2n) is 7.19. The van der Waals surface area contributed by atoms with Crippen LogP contribution in [0.1, 0.15) is 23.1 Å². The number of H-pyrrole nitrogens is 1. The molecular formula is C20H24FN5O. The van der Waals surface area contributed by atoms with Crippen LogP contribution in [-0.4, -0.2) is 57.7 Å². The van der Waals surface area contributed by atoms with Gasteiger partial charge in [-0.2, -0.15) is 0 Å². The van der Waals surface area contributed by atoms with Gasteiger partial charge in [0.25, 0.3) is 0 Å². The summed E-state index contributed by atoms with van der Waals surface area (Å²) in [6.07, 6.45) is 1.11. The molecule has 1 aromatic carbocycles. The van der Waals surface area contributed by atoms with Crippen LogP contribution in [0.25, 0.3) is 10.9 Å². The fourth-order valence-electron chi connectivity index (χ4n) is 3.71. The molecule has 142 valence electrons. The van der Waals surface area contributed by atoms with E-state index in [4.69, 9.17) is 0 Å². The number of halogens is 1. The molecule has 1 saturated heterocycles. The van der Waals surface area contributed by atoms with Gasteiger partial charge >= 0.3 is 0 Å². The van der Waals surface area contributed by atoms with Crippen molar-refractivity contribution in [1.82, 2.24) is 19.9 Å². The van der Waals surface area contributed by atoms with Crippen LogP contribution in [-0.2, 0) is 0 Å². The van der Waals surface area contributed by atoms with Crippen LogP contribution in [0.4, 0.5) is 10.3 Å². The van der Waals surface area contributed by atoms with Crippen LogP contribution < -0.4 is 4.90 Å². The average molecular weight is 369 g/mol. The van der Waals surface area contributed by atoms with Crippen LogP contribution in [0.3, 0.4) is 0 Å². The number of aryl methyl sites for hydroxylation is 2. The summed E-state index contributed by atoms with van der Waals surface area (Å²) in [6, 6.07) is 6.56. The molecule has 1 aliphatic rings. The van der Waals surface area contributed by atoms with Gasteiger partial charge < -0.3 is 15.0 Å². The maximum absolute atomic E-state index is 13.6. The van der Waals surface area contributed by atoms with Crippen molar-refractivity contribution in [3.8, 4) is 0 Å². The van der Waals surface area contributed by atoms with E-state index in [0.717, 1.165) is 60.0 Å². The van der Waals surface area contributed by atoms with E-state index in [9.17, 15) is 9.50 Å². The number of hydrogen-bond donors (Lipinski definition) is 2. The Labute approximate surface area is 157 Å². The predicted molar refractivity (Wildman–Crippen MR) is 103 cm³/mol. The molecule has 2 aromatic heterocycles. The number of rotatable bonds is 4. The maximum Gasteiger partial charge on any atom is 0.225 e. The maximum atomic E-state index is 13.6. The molecule has 1 atom stereocenters. The van der Waals surface area contributed by atoms with E-state index in [-0.39, 0.29) is 5.82 Å². The summed E-state index contributed by atoms with van der Waals surface area (Å²) >= 11 is 0. The molecule has 0 aliphatic carbocycles. The Morgan fingerprint density at radius 1 is 1.11 bits per heavy atom. The van der Waals surface area contributed by atoms with Crippen molar-refractivity contribution in [3.63, 3.8) is 0 Å². The lowest BCUT2D eigenvalue weighted by molar-refractivity contribution is 0.110. The van der Waals surface area contributed by atoms with Gasteiger partial charge in [-0.05, 0) is 38.1 Å². The lowest BCUT2D eigenvalue weighted by atomic mass is 10.1. The summed E-state index contributed by atoms with van der Waals surface area (Å²) < 4.78 is 13.6. The molecule has 1 unspecified atom stereocenters. The Kier molecular flexibility index (Phi) is 4.80. The first kappa shape index (κ1) is 17.9. The number of aliphatic hydroxyl groups excluding tert-OH is 1. The molecule has 27 heavy (non-hydrogen) atoms. The first-order chi connectivity index (χ1) is 13.0. The predicted octanol–water partition coefficient (Wildman–Crippen LogP) is 2.57. The molecule has 6 nitrogen and oxygen atoms in total. The number of anilines is 1. The smallest absolute Gasteiger partial charge is 0.225 e. The zero-order chi connectivity index (χ0) is 19.0. The van der Waals surface area contributed by atoms with E-state index < -0.39 is 6.10 Å². The quantitative estimate of drug-likeness (QED) is 0.740. The van der Waals surface area contributed by atoms with Crippen LogP contribution >= 0.6 is 0 Å². The average Bonchev–Trinajstić information content (AvgIpc) is 3.04. The first-order valence-corrected chi connectivity index (χ1v) is 9.24. The summed E-state index contributed by atoms with van der Waals surface area (Å²) in [5, 5.41) is 11.4. The standard InChI is InChI=1S/C20H24FN5O/c1-13-9-14(2)24-20(23-13)26-7-5-25(6-8-26)12-19(27)17-11-22-18-4-3-15(21)10-16(17)18/h3-4,9-11,19,22,27H,5-8,12H2,1-2H3. The third-order valence-electron chi connectivity index (χ3n) is 5.09. The number of hydrogen-bond acceptors (Lipinski definition) is 5. The highest BCUT2D eigenvalue weighted by molar-refractivity contribution is 5.83. The molecule has 1 aliphatic heterocycles. The van der Waals surface area contributed by atoms with Crippen LogP contribution in [0, 0.1) is 19.7 Å². The van der Waals surface area contributed by atoms with Crippen molar-refractivity contribution in [3.05, 3.63) is 53.2 Å². The zero-order valence-electron chi connectivity index (χ0n) is 15.6. The summed E-state index contributed by atoms with van der Waals surface area (Å²) in [5.74, 6) is 0.484. The summed E-state index contributed by atoms with van der Waals surface area (Å²) in [4.78, 5) is 16.6. The van der Waals surface area contributed by atoms with Gasteiger partial charge in [-0.1, -0.05) is 0 Å². The molecule has 7 heteroatoms. The summed E-state index contributed by atoms with van der Waals surface area (Å²) in [7, 11) is 0. The first-order valence-electron chi connectivity index (χ1n) is 9.24. The highest BCUT2D eigenvalue weighted by Crippen LogP contribution is 2.26. The van der Waals surface area contributed by atoms with Gasteiger partial charge in [0.15, 0.2) is 0 Å². The molecule has 0 amide bonds. The molecule has 0 spiro atoms. The van der Waals surface area contributed by atoms with E-state index in [1.165, 1.54) is 12.1 Å². The van der Waals surface area contributed by atoms with E-state index in [1.54, 1.807) is 12.3 Å². The summed E-state index contributed by atoms with van der Waals surface area (Å²) in [6.45, 7) is 7.76. The van der Waals surface area contributed by atoms with Crippen LogP contribution in [0.2, 0.25) is 0 Å². The minimum atomic E-state index is -0.662. The fourth-order valence-corrected chi connectivity index (χ4v) is 3.71. The zero-order valence-corrected chi connectivity index (χ0v) is 15.6. The molecule has 0 saturated carbocycles. The van der Waals surface area contributed by atoms with Gasteiger partial charge in [-0.3, -0.25) is 4.90 Å². The molecule has 0 bridgehead atoms. The van der Waals surface area contributed by atoms with Crippen molar-refractivity contribution in [2.75, 3.05) is 37.6 Å². The van der Waals surface area contributed by atoms with Crippen molar-refractivity contribution in [2.45, 2.75) is 20.0 Å². The van der Waals surface area contributed by atoms with Crippen molar-refractivity contribution in [2.24, 2.45) is 0 Å². The van der Waals surface area contributed by atoms with Gasteiger partial charge in [-0.25, -0.2) is 14.4 Å². The second kappa shape index (κ2) is 7.25. The van der Waals surface area contributed by atoms with Gasteiger partial charge in [0, 0.05) is 66.8 Å². The lowest BCUT2D eigenvalue weighted by Gasteiger charge is -2.35. The fraction of sp³-hybridized carbons (Fsp3) is 0.400. The van der Waals surface area contributed by atoms with Crippen molar-refractivity contribution < 1.29 is 9.50 Å². The largest absolute Gasteiger partial charge is 0.387 e. The minimum Gasteiger partial charge on any atom is -0.387 e. The summed E-state index contributed by atoms with van der Waals surface area (Å²) in [5.41, 5.74) is 3.52. The van der Waals surface area contributed by atoms with Crippen LogP contribution in [0.5, 0.6) is 0 Å². The molecule has 0 radical (unpaired) electrons. The Morgan fingerprint density at radius 3 is 2.52 bits per heavy atom. The Hall–Kier alpha value is -2.51. The van der Waals surface area contributed by atoms with Gasteiger partial charge in [0.1, 0.15) is 5.82 Å². The molecule has 3 aromatic rings.